The van der Waals surface area contributed by atoms with Crippen molar-refractivity contribution in [1.29, 1.82) is 0 Å². The predicted molar refractivity (Wildman–Crippen MR) is 355 cm³/mol. The molecule has 2 aliphatic carbocycles. The molecule has 17 heteroatoms. The number of fused-ring (bicyclic) bond motifs is 8. The summed E-state index contributed by atoms with van der Waals surface area (Å²) in [6.45, 7) is 8.39. The van der Waals surface area contributed by atoms with E-state index in [1.54, 1.807) is 27.1 Å². The van der Waals surface area contributed by atoms with Gasteiger partial charge in [-0.2, -0.15) is 0 Å². The lowest BCUT2D eigenvalue weighted by molar-refractivity contribution is -0.121. The molecule has 5 aromatic carbocycles. The molecule has 90 heavy (non-hydrogen) atoms. The number of hydrogen-bond acceptors (Lipinski definition) is 15. The van der Waals surface area contributed by atoms with Gasteiger partial charge >= 0.3 is 0 Å². The molecule has 0 amide bonds. The Morgan fingerprint density at radius 2 is 1.77 bits per heavy atom. The number of benzene rings is 5. The summed E-state index contributed by atoms with van der Waals surface area (Å²) in [6.07, 6.45) is 13.1. The fourth-order valence-corrected chi connectivity index (χ4v) is 13.6. The molecule has 6 aliphatic rings. The fourth-order valence-electron chi connectivity index (χ4n) is 13.6. The fraction of sp³-hybridized carbons (Fsp3) is 0.479. The van der Waals surface area contributed by atoms with Crippen LogP contribution in [0.4, 0.5) is 5.69 Å². The maximum absolute atomic E-state index is 14.6. The smallest absolute Gasteiger partial charge is 0.192 e. The number of phenols is 1. The van der Waals surface area contributed by atoms with E-state index in [2.05, 4.69) is 82.5 Å². The zero-order chi connectivity index (χ0) is 63.8. The minimum absolute atomic E-state index is 0.0118. The Morgan fingerprint density at radius 1 is 0.956 bits per heavy atom. The van der Waals surface area contributed by atoms with Crippen molar-refractivity contribution in [2.45, 2.75) is 140 Å². The number of ketones is 1. The van der Waals surface area contributed by atoms with Crippen molar-refractivity contribution in [2.24, 2.45) is 34.4 Å². The van der Waals surface area contributed by atoms with Gasteiger partial charge in [0.05, 0.1) is 31.9 Å². The minimum Gasteiger partial charge on any atom is -0.508 e. The van der Waals surface area contributed by atoms with Crippen LogP contribution < -0.4 is 36.5 Å². The summed E-state index contributed by atoms with van der Waals surface area (Å²) >= 11 is 0. The number of aromatic hydroxyl groups is 1. The monoisotopic (exact) mass is 1230 g/mol. The van der Waals surface area contributed by atoms with Crippen molar-refractivity contribution in [3.05, 3.63) is 158 Å². The van der Waals surface area contributed by atoms with Gasteiger partial charge < -0.3 is 71.3 Å². The first kappa shape index (κ1) is 67.2. The number of aliphatic hydroxyl groups excluding tert-OH is 4. The zero-order valence-electron chi connectivity index (χ0n) is 53.1. The molecule has 17 nitrogen and oxygen atoms in total. The number of anilines is 1. The van der Waals surface area contributed by atoms with Gasteiger partial charge in [0.2, 0.25) is 0 Å². The summed E-state index contributed by atoms with van der Waals surface area (Å²) in [5.41, 5.74) is 14.2. The summed E-state index contributed by atoms with van der Waals surface area (Å²) in [5, 5.41) is 85.7. The van der Waals surface area contributed by atoms with Gasteiger partial charge in [0, 0.05) is 86.3 Å². The topological polar surface area (TPSA) is 262 Å². The molecule has 5 aromatic rings. The van der Waals surface area contributed by atoms with Gasteiger partial charge in [0.1, 0.15) is 36.1 Å². The number of Topliss-reactive ketones (excluding diaryl/α,β-unsaturated/α-hetero) is 1. The SMILES string of the molecule is CC[C@@H](NC[C@@H]1C[C@@H](c2cccc(CCOCCCNC)c2)[C@@H]2C#CO[C@H](CC(=O)CCc3ccc(OC)c(c3)OCc3c(C(O)O)cc4c2c(O)cc2c4c3C=C[C@@H]2C)C[C@H]2C=C(O)C1=C[C@H]2C[C@H](CO)CCc1cccc(NC(N)=NC)c1)NC[C@H](C)O. The normalized spacial score (nSPS) is 22.0. The van der Waals surface area contributed by atoms with Crippen molar-refractivity contribution < 1.29 is 54.4 Å². The van der Waals surface area contributed by atoms with Gasteiger partial charge in [-0.15, -0.1) is 0 Å². The standard InChI is InChI=1S/C73H94N6O11/c1-7-69(77-40-45(3)81)78-41-53-35-60(50-13-8-11-47(29-50)23-27-88-26-10-25-75-4)58-24-28-89-56(33-52-36-65(83)61(53)34-51(52)30-49(42-80)17-16-46-12-9-14-54(31-46)79-73(74)76-5)37-55(82)20-18-48-19-22-67(87-6)68(32-48)90-43-64-57-21-15-44(2)59-39-66(84)71(58)63(70(57)59)38-62(64)72(85)86/h8-9,11-15,19,21-22,29,31-32,34,36,38-39,44-45,49,51-53,56,58,60,69,72,75,77-78,80-81,83-86H,7,10,16-18,20,23,25-27,30,33,35,37,40-43H2,1-6H3,(H3,74,76,79)/t44-,45-,49+,51+,52-,53-,56-,58-,60-,69+/m0/s1. The molecule has 0 saturated carbocycles. The zero-order valence-corrected chi connectivity index (χ0v) is 53.1. The van der Waals surface area contributed by atoms with E-state index in [0.717, 1.165) is 57.4 Å². The second-order valence-electron chi connectivity index (χ2n) is 24.9. The maximum Gasteiger partial charge on any atom is 0.192 e. The Labute approximate surface area is 530 Å². The molecule has 0 unspecified atom stereocenters. The van der Waals surface area contributed by atoms with Crippen LogP contribution >= 0.6 is 0 Å². The number of ether oxygens (including phenoxy) is 4. The van der Waals surface area contributed by atoms with Crippen LogP contribution in [-0.2, 0) is 40.1 Å². The van der Waals surface area contributed by atoms with Gasteiger partial charge in [-0.05, 0) is 188 Å². The van der Waals surface area contributed by atoms with E-state index in [1.165, 1.54) is 0 Å². The van der Waals surface area contributed by atoms with E-state index in [4.69, 9.17) is 24.7 Å². The Balaban J connectivity index is 1.26. The third kappa shape index (κ3) is 17.0. The molecule has 11 rings (SSSR count). The van der Waals surface area contributed by atoms with Crippen LogP contribution in [0.1, 0.15) is 146 Å². The Kier molecular flexibility index (Phi) is 24.0. The summed E-state index contributed by atoms with van der Waals surface area (Å²) in [7, 11) is 5.11. The lowest BCUT2D eigenvalue weighted by Gasteiger charge is -2.36. The molecule has 4 aliphatic heterocycles. The maximum atomic E-state index is 14.6. The van der Waals surface area contributed by atoms with Gasteiger partial charge in [0.25, 0.3) is 0 Å². The quantitative estimate of drug-likeness (QED) is 0.00903. The number of rotatable bonds is 24. The Morgan fingerprint density at radius 3 is 2.52 bits per heavy atom. The summed E-state index contributed by atoms with van der Waals surface area (Å²) in [4.78, 5) is 18.7. The number of hydrogen-bond donors (Lipinski definition) is 11. The third-order valence-corrected chi connectivity index (χ3v) is 18.5. The number of aliphatic imine (C=N–C) groups is 1. The Bertz CT molecular complexity index is 3460. The van der Waals surface area contributed by atoms with E-state index in [9.17, 15) is 35.4 Å². The summed E-state index contributed by atoms with van der Waals surface area (Å²) in [5.74, 6) is 2.10. The highest BCUT2D eigenvalue weighted by Crippen LogP contribution is 2.51. The minimum atomic E-state index is -1.96. The van der Waals surface area contributed by atoms with Crippen molar-refractivity contribution in [3.8, 4) is 29.3 Å². The number of aliphatic hydroxyl groups is 5. The molecule has 0 spiro atoms. The highest BCUT2D eigenvalue weighted by molar-refractivity contribution is 6.01. The summed E-state index contributed by atoms with van der Waals surface area (Å²) < 4.78 is 25.4. The number of methoxy groups -OCH3 is 1. The molecule has 12 N–H and O–H groups in total. The van der Waals surface area contributed by atoms with E-state index < -0.39 is 36.3 Å². The number of phenolic OH excluding ortho intramolecular Hbond substituents is 1. The van der Waals surface area contributed by atoms with Crippen LogP contribution in [0.15, 0.2) is 113 Å². The lowest BCUT2D eigenvalue weighted by Crippen LogP contribution is -2.46. The van der Waals surface area contributed by atoms with Gasteiger partial charge in [0.15, 0.2) is 23.7 Å². The van der Waals surface area contributed by atoms with Crippen molar-refractivity contribution in [2.75, 3.05) is 66.0 Å². The van der Waals surface area contributed by atoms with Crippen LogP contribution in [0.5, 0.6) is 17.2 Å². The second-order valence-corrected chi connectivity index (χ2v) is 24.9. The number of carbonyl (C=O) groups is 1. The first-order valence-corrected chi connectivity index (χ1v) is 32.2. The molecule has 0 fully saturated rings. The molecule has 0 aromatic heterocycles. The van der Waals surface area contributed by atoms with Gasteiger partial charge in [-0.25, -0.2) is 0 Å². The average Bonchev–Trinajstić information content (AvgIpc) is 0.766. The molecule has 10 bridgehead atoms. The summed E-state index contributed by atoms with van der Waals surface area (Å²) in [6, 6.07) is 25.6. The molecular weight excluding hydrogens is 1140 g/mol. The first-order chi connectivity index (χ1) is 43.6. The van der Waals surface area contributed by atoms with Crippen LogP contribution in [0, 0.1) is 35.7 Å². The van der Waals surface area contributed by atoms with Crippen LogP contribution in [0.2, 0.25) is 0 Å². The van der Waals surface area contributed by atoms with E-state index in [-0.39, 0.29) is 78.7 Å². The molecule has 0 radical (unpaired) electrons. The lowest BCUT2D eigenvalue weighted by atomic mass is 9.70. The molecule has 0 saturated heterocycles. The van der Waals surface area contributed by atoms with Crippen LogP contribution in [-0.4, -0.2) is 121 Å². The van der Waals surface area contributed by atoms with E-state index in [1.807, 2.05) is 73.8 Å². The number of nitrogens with zero attached hydrogens (tertiary/aromatic N) is 1. The van der Waals surface area contributed by atoms with Crippen molar-refractivity contribution in [3.63, 3.8) is 0 Å². The number of allylic oxidation sites excluding steroid dienone is 4. The number of guanidine groups is 1. The van der Waals surface area contributed by atoms with Crippen LogP contribution in [0.3, 0.4) is 0 Å². The highest BCUT2D eigenvalue weighted by atomic mass is 16.5. The van der Waals surface area contributed by atoms with Crippen molar-refractivity contribution >= 4 is 34.3 Å². The first-order valence-electron chi connectivity index (χ1n) is 32.2. The Hall–Kier alpha value is -7.24. The number of aryl methyl sites for hydroxylation is 2. The number of nitrogens with one attached hydrogen (secondary N) is 4. The number of nitrogens with two attached hydrogens (primary N) is 1. The van der Waals surface area contributed by atoms with E-state index >= 15 is 0 Å². The van der Waals surface area contributed by atoms with Crippen molar-refractivity contribution in [1.82, 2.24) is 16.0 Å². The second kappa shape index (κ2) is 32.2. The number of carbonyl (C=O) groups excluding carboxylic acids is 1. The van der Waals surface area contributed by atoms with Gasteiger partial charge in [-0.1, -0.05) is 80.5 Å². The molecule has 4 heterocycles. The molecule has 10 atom stereocenters. The van der Waals surface area contributed by atoms with Crippen LogP contribution in [0.25, 0.3) is 16.8 Å². The average molecular weight is 1230 g/mol. The molecular formula is C73H94N6O11. The largest absolute Gasteiger partial charge is 0.508 e. The predicted octanol–water partition coefficient (Wildman–Crippen LogP) is 9.84. The molecule has 482 valence electrons. The van der Waals surface area contributed by atoms with E-state index in [0.29, 0.717) is 117 Å². The highest BCUT2D eigenvalue weighted by Gasteiger charge is 2.39. The van der Waals surface area contributed by atoms with Gasteiger partial charge in [-0.3, -0.25) is 15.1 Å². The third-order valence-electron chi connectivity index (χ3n) is 18.5.